The Kier molecular flexibility index (Phi) is 9.91. The zero-order chi connectivity index (χ0) is 17.2. The van der Waals surface area contributed by atoms with E-state index in [0.29, 0.717) is 6.54 Å². The number of hydrogen-bond donors (Lipinski definition) is 2. The molecule has 136 valence electrons. The van der Waals surface area contributed by atoms with Crippen LogP contribution in [0.3, 0.4) is 0 Å². The quantitative estimate of drug-likeness (QED) is 0.287. The van der Waals surface area contributed by atoms with Crippen molar-refractivity contribution in [2.24, 2.45) is 4.99 Å². The first-order chi connectivity index (χ1) is 11.7. The molecule has 2 aromatic carbocycles. The minimum atomic E-state index is -0.213. The highest BCUT2D eigenvalue weighted by molar-refractivity contribution is 14.0. The van der Waals surface area contributed by atoms with Crippen molar-refractivity contribution in [2.45, 2.75) is 13.0 Å². The molecule has 4 nitrogen and oxygen atoms in total. The van der Waals surface area contributed by atoms with Crippen molar-refractivity contribution in [3.8, 4) is 0 Å². The number of nitrogens with one attached hydrogen (secondary N) is 2. The molecule has 0 aromatic heterocycles. The molecule has 0 bridgehead atoms. The van der Waals surface area contributed by atoms with Crippen molar-refractivity contribution in [1.82, 2.24) is 10.2 Å². The Hall–Kier alpha value is -1.83. The number of anilines is 1. The summed E-state index contributed by atoms with van der Waals surface area (Å²) in [4.78, 5) is 6.32. The minimum absolute atomic E-state index is 0. The first-order valence-electron chi connectivity index (χ1n) is 8.14. The third kappa shape index (κ3) is 7.72. The molecule has 0 unspecified atom stereocenters. The average molecular weight is 456 g/mol. The Balaban J connectivity index is 0.00000312. The Morgan fingerprint density at radius 1 is 1.04 bits per heavy atom. The third-order valence-corrected chi connectivity index (χ3v) is 3.65. The number of halogens is 2. The number of nitrogens with zero attached hydrogens (tertiary/aromatic N) is 2. The van der Waals surface area contributed by atoms with E-state index in [0.717, 1.165) is 36.7 Å². The van der Waals surface area contributed by atoms with Crippen molar-refractivity contribution in [3.63, 3.8) is 0 Å². The lowest BCUT2D eigenvalue weighted by molar-refractivity contribution is 0.476. The molecule has 0 saturated carbocycles. The summed E-state index contributed by atoms with van der Waals surface area (Å²) >= 11 is 0. The summed E-state index contributed by atoms with van der Waals surface area (Å²) in [5.74, 6) is 0.619. The van der Waals surface area contributed by atoms with Gasteiger partial charge in [-0.05, 0) is 36.2 Å². The van der Waals surface area contributed by atoms with E-state index in [1.165, 1.54) is 12.1 Å². The second-order valence-corrected chi connectivity index (χ2v) is 5.60. The molecule has 0 heterocycles. The molecular formula is C19H26FIN4. The largest absolute Gasteiger partial charge is 0.385 e. The molecule has 2 N–H and O–H groups in total. The summed E-state index contributed by atoms with van der Waals surface area (Å²) in [7, 11) is 3.74. The zero-order valence-electron chi connectivity index (χ0n) is 14.7. The van der Waals surface area contributed by atoms with Crippen molar-refractivity contribution in [2.75, 3.05) is 32.5 Å². The number of benzene rings is 2. The van der Waals surface area contributed by atoms with Gasteiger partial charge in [-0.1, -0.05) is 30.3 Å². The number of guanidine groups is 1. The Labute approximate surface area is 166 Å². The lowest BCUT2D eigenvalue weighted by atomic mass is 10.2. The van der Waals surface area contributed by atoms with Gasteiger partial charge in [0.15, 0.2) is 5.96 Å². The lowest BCUT2D eigenvalue weighted by Gasteiger charge is -2.22. The molecule has 0 aliphatic carbocycles. The van der Waals surface area contributed by atoms with Gasteiger partial charge in [-0.2, -0.15) is 0 Å². The molecular weight excluding hydrogens is 430 g/mol. The van der Waals surface area contributed by atoms with Gasteiger partial charge >= 0.3 is 0 Å². The van der Waals surface area contributed by atoms with Crippen LogP contribution < -0.4 is 10.6 Å². The molecule has 6 heteroatoms. The van der Waals surface area contributed by atoms with Gasteiger partial charge in [0.05, 0.1) is 0 Å². The van der Waals surface area contributed by atoms with Crippen molar-refractivity contribution >= 4 is 35.6 Å². The van der Waals surface area contributed by atoms with Crippen LogP contribution >= 0.6 is 24.0 Å². The molecule has 0 radical (unpaired) electrons. The molecule has 0 spiro atoms. The fraction of sp³-hybridized carbons (Fsp3) is 0.316. The summed E-state index contributed by atoms with van der Waals surface area (Å²) in [6, 6.07) is 16.7. The van der Waals surface area contributed by atoms with Gasteiger partial charge in [-0.15, -0.1) is 24.0 Å². The smallest absolute Gasteiger partial charge is 0.193 e. The number of aliphatic imine (C=N–C) groups is 1. The number of para-hydroxylation sites is 1. The molecule has 0 aliphatic rings. The van der Waals surface area contributed by atoms with Crippen LogP contribution in [0.4, 0.5) is 10.1 Å². The van der Waals surface area contributed by atoms with Crippen molar-refractivity contribution in [3.05, 3.63) is 66.0 Å². The predicted molar refractivity (Wildman–Crippen MR) is 114 cm³/mol. The Bertz CT molecular complexity index is 632. The van der Waals surface area contributed by atoms with E-state index in [1.807, 2.05) is 30.1 Å². The standard InChI is InChI=1S/C19H25FN4.HI/c1-21-19(24(2)15-16-9-11-17(20)12-10-16)23-14-6-13-22-18-7-4-3-5-8-18;/h3-5,7-12,22H,6,13-15H2,1-2H3,(H,21,23);1H. The summed E-state index contributed by atoms with van der Waals surface area (Å²) < 4.78 is 13.0. The van der Waals surface area contributed by atoms with Gasteiger partial charge in [0.2, 0.25) is 0 Å². The topological polar surface area (TPSA) is 39.7 Å². The van der Waals surface area contributed by atoms with Crippen LogP contribution in [-0.2, 0) is 6.54 Å². The van der Waals surface area contributed by atoms with Crippen LogP contribution in [0.2, 0.25) is 0 Å². The van der Waals surface area contributed by atoms with Crippen LogP contribution in [-0.4, -0.2) is 38.0 Å². The van der Waals surface area contributed by atoms with Crippen LogP contribution in [0, 0.1) is 5.82 Å². The van der Waals surface area contributed by atoms with Crippen LogP contribution in [0.25, 0.3) is 0 Å². The van der Waals surface area contributed by atoms with E-state index in [2.05, 4.69) is 27.8 Å². The highest BCUT2D eigenvalue weighted by Gasteiger charge is 2.06. The summed E-state index contributed by atoms with van der Waals surface area (Å²) in [6.07, 6.45) is 0.984. The van der Waals surface area contributed by atoms with Gasteiger partial charge < -0.3 is 15.5 Å². The lowest BCUT2D eigenvalue weighted by Crippen LogP contribution is -2.39. The normalized spacial score (nSPS) is 10.8. The van der Waals surface area contributed by atoms with Gasteiger partial charge in [0.1, 0.15) is 5.82 Å². The number of rotatable bonds is 7. The summed E-state index contributed by atoms with van der Waals surface area (Å²) in [5, 5.41) is 6.73. The molecule has 0 amide bonds. The zero-order valence-corrected chi connectivity index (χ0v) is 17.0. The van der Waals surface area contributed by atoms with E-state index >= 15 is 0 Å². The fourth-order valence-electron chi connectivity index (χ4n) is 2.40. The van der Waals surface area contributed by atoms with E-state index in [1.54, 1.807) is 19.2 Å². The number of hydrogen-bond acceptors (Lipinski definition) is 2. The predicted octanol–water partition coefficient (Wildman–Crippen LogP) is 3.95. The summed E-state index contributed by atoms with van der Waals surface area (Å²) in [5.41, 5.74) is 2.18. The van der Waals surface area contributed by atoms with Crippen LogP contribution in [0.15, 0.2) is 59.6 Å². The molecule has 2 aromatic rings. The molecule has 0 saturated heterocycles. The maximum Gasteiger partial charge on any atom is 0.193 e. The van der Waals surface area contributed by atoms with E-state index in [9.17, 15) is 4.39 Å². The maximum atomic E-state index is 13.0. The molecule has 2 rings (SSSR count). The van der Waals surface area contributed by atoms with Gasteiger partial charge in [-0.25, -0.2) is 4.39 Å². The third-order valence-electron chi connectivity index (χ3n) is 3.65. The fourth-order valence-corrected chi connectivity index (χ4v) is 2.40. The molecule has 0 fully saturated rings. The summed E-state index contributed by atoms with van der Waals surface area (Å²) in [6.45, 7) is 2.41. The van der Waals surface area contributed by atoms with Gasteiger partial charge in [0.25, 0.3) is 0 Å². The van der Waals surface area contributed by atoms with Crippen LogP contribution in [0.5, 0.6) is 0 Å². The van der Waals surface area contributed by atoms with Crippen molar-refractivity contribution < 1.29 is 4.39 Å². The Morgan fingerprint density at radius 2 is 1.72 bits per heavy atom. The highest BCUT2D eigenvalue weighted by atomic mass is 127. The second-order valence-electron chi connectivity index (χ2n) is 5.60. The maximum absolute atomic E-state index is 13.0. The second kappa shape index (κ2) is 11.7. The van der Waals surface area contributed by atoms with Crippen LogP contribution in [0.1, 0.15) is 12.0 Å². The molecule has 0 atom stereocenters. The van der Waals surface area contributed by atoms with Gasteiger partial charge in [-0.3, -0.25) is 4.99 Å². The van der Waals surface area contributed by atoms with Gasteiger partial charge in [0, 0.05) is 39.4 Å². The minimum Gasteiger partial charge on any atom is -0.385 e. The van der Waals surface area contributed by atoms with E-state index in [4.69, 9.17) is 0 Å². The SMILES string of the molecule is CN=C(NCCCNc1ccccc1)N(C)Cc1ccc(F)cc1.I. The van der Waals surface area contributed by atoms with E-state index in [-0.39, 0.29) is 29.8 Å². The monoisotopic (exact) mass is 456 g/mol. The molecule has 25 heavy (non-hydrogen) atoms. The van der Waals surface area contributed by atoms with Crippen molar-refractivity contribution in [1.29, 1.82) is 0 Å². The molecule has 0 aliphatic heterocycles. The highest BCUT2D eigenvalue weighted by Crippen LogP contribution is 2.06. The first kappa shape index (κ1) is 21.2. The Morgan fingerprint density at radius 3 is 2.36 bits per heavy atom. The van der Waals surface area contributed by atoms with E-state index < -0.39 is 0 Å². The first-order valence-corrected chi connectivity index (χ1v) is 8.14. The average Bonchev–Trinajstić information content (AvgIpc) is 2.61.